The van der Waals surface area contributed by atoms with Gasteiger partial charge in [-0.1, -0.05) is 12.1 Å². The van der Waals surface area contributed by atoms with Crippen LogP contribution in [0, 0.1) is 6.92 Å². The largest absolute Gasteiger partial charge is 0.353 e. The highest BCUT2D eigenvalue weighted by molar-refractivity contribution is 6.00. The maximum absolute atomic E-state index is 12.6. The molecule has 1 aliphatic rings. The van der Waals surface area contributed by atoms with Crippen LogP contribution in [0.15, 0.2) is 48.8 Å². The van der Waals surface area contributed by atoms with E-state index >= 15 is 0 Å². The summed E-state index contributed by atoms with van der Waals surface area (Å²) in [5.74, 6) is -0.455. The SMILES string of the molecule is Cc1cccc(-n2cnc3cc(C(=O)NC4CNCCNC4=O)ccc32)c1. The zero-order valence-corrected chi connectivity index (χ0v) is 15.0. The fourth-order valence-corrected chi connectivity index (χ4v) is 3.23. The second-order valence-electron chi connectivity index (χ2n) is 6.68. The molecule has 1 aromatic heterocycles. The lowest BCUT2D eigenvalue weighted by Crippen LogP contribution is -2.48. The number of nitrogens with zero attached hydrogens (tertiary/aromatic N) is 2. The Balaban J connectivity index is 1.58. The van der Waals surface area contributed by atoms with E-state index in [1.807, 2.05) is 35.8 Å². The Kier molecular flexibility index (Phi) is 4.60. The van der Waals surface area contributed by atoms with Gasteiger partial charge < -0.3 is 16.0 Å². The van der Waals surface area contributed by atoms with Crippen LogP contribution in [0.25, 0.3) is 16.7 Å². The van der Waals surface area contributed by atoms with E-state index in [1.165, 1.54) is 5.56 Å². The molecule has 0 bridgehead atoms. The number of benzene rings is 2. The number of imidazole rings is 1. The second kappa shape index (κ2) is 7.20. The first-order valence-electron chi connectivity index (χ1n) is 8.95. The molecule has 4 rings (SSSR count). The second-order valence-corrected chi connectivity index (χ2v) is 6.68. The molecule has 0 saturated carbocycles. The highest BCUT2D eigenvalue weighted by atomic mass is 16.2. The number of hydrogen-bond acceptors (Lipinski definition) is 4. The van der Waals surface area contributed by atoms with Gasteiger partial charge in [0.1, 0.15) is 12.4 Å². The number of nitrogens with one attached hydrogen (secondary N) is 3. The normalized spacial score (nSPS) is 17.4. The number of amides is 2. The van der Waals surface area contributed by atoms with Crippen molar-refractivity contribution in [1.82, 2.24) is 25.5 Å². The van der Waals surface area contributed by atoms with Gasteiger partial charge in [0.15, 0.2) is 0 Å². The molecule has 3 N–H and O–H groups in total. The van der Waals surface area contributed by atoms with Crippen LogP contribution in [0.5, 0.6) is 0 Å². The van der Waals surface area contributed by atoms with E-state index < -0.39 is 6.04 Å². The highest BCUT2D eigenvalue weighted by Gasteiger charge is 2.23. The fraction of sp³-hybridized carbons (Fsp3) is 0.250. The van der Waals surface area contributed by atoms with Gasteiger partial charge in [-0.15, -0.1) is 0 Å². The van der Waals surface area contributed by atoms with Crippen LogP contribution >= 0.6 is 0 Å². The van der Waals surface area contributed by atoms with E-state index in [9.17, 15) is 9.59 Å². The molecule has 1 saturated heterocycles. The molecule has 0 radical (unpaired) electrons. The van der Waals surface area contributed by atoms with E-state index in [1.54, 1.807) is 18.5 Å². The van der Waals surface area contributed by atoms with Crippen LogP contribution in [0.1, 0.15) is 15.9 Å². The third-order valence-corrected chi connectivity index (χ3v) is 4.66. The third kappa shape index (κ3) is 3.54. The lowest BCUT2D eigenvalue weighted by Gasteiger charge is -2.15. The molecule has 0 spiro atoms. The third-order valence-electron chi connectivity index (χ3n) is 4.66. The number of rotatable bonds is 3. The number of carbonyl (C=O) groups excluding carboxylic acids is 2. The molecule has 1 unspecified atom stereocenters. The molecule has 2 aromatic carbocycles. The first-order valence-corrected chi connectivity index (χ1v) is 8.95. The lowest BCUT2D eigenvalue weighted by molar-refractivity contribution is -0.122. The van der Waals surface area contributed by atoms with Crippen molar-refractivity contribution in [2.24, 2.45) is 0 Å². The molecule has 27 heavy (non-hydrogen) atoms. The summed E-state index contributed by atoms with van der Waals surface area (Å²) in [6.45, 7) is 3.72. The van der Waals surface area contributed by atoms with Crippen molar-refractivity contribution in [2.45, 2.75) is 13.0 Å². The average Bonchev–Trinajstić information content (AvgIpc) is 2.99. The Morgan fingerprint density at radius 2 is 2.11 bits per heavy atom. The summed E-state index contributed by atoms with van der Waals surface area (Å²) in [5.41, 5.74) is 4.32. The first kappa shape index (κ1) is 17.2. The molecular weight excluding hydrogens is 342 g/mol. The van der Waals surface area contributed by atoms with E-state index in [0.29, 0.717) is 25.2 Å². The predicted molar refractivity (Wildman–Crippen MR) is 103 cm³/mol. The van der Waals surface area contributed by atoms with Gasteiger partial charge in [0, 0.05) is 30.9 Å². The van der Waals surface area contributed by atoms with Crippen molar-refractivity contribution >= 4 is 22.8 Å². The van der Waals surface area contributed by atoms with E-state index in [2.05, 4.69) is 27.0 Å². The molecular formula is C20H21N5O2. The zero-order chi connectivity index (χ0) is 18.8. The number of hydrogen-bond donors (Lipinski definition) is 3. The molecule has 1 aliphatic heterocycles. The Bertz CT molecular complexity index is 1010. The molecule has 2 amide bonds. The molecule has 2 heterocycles. The Hall–Kier alpha value is -3.19. The molecule has 0 aliphatic carbocycles. The van der Waals surface area contributed by atoms with Gasteiger partial charge in [-0.2, -0.15) is 0 Å². The summed E-state index contributed by atoms with van der Waals surface area (Å²) in [6, 6.07) is 13.0. The molecule has 7 heteroatoms. The molecule has 1 fully saturated rings. The molecule has 3 aromatic rings. The van der Waals surface area contributed by atoms with Crippen molar-refractivity contribution in [3.8, 4) is 5.69 Å². The Labute approximate surface area is 156 Å². The van der Waals surface area contributed by atoms with Gasteiger partial charge >= 0.3 is 0 Å². The Morgan fingerprint density at radius 3 is 2.96 bits per heavy atom. The van der Waals surface area contributed by atoms with Crippen molar-refractivity contribution in [3.05, 3.63) is 59.9 Å². The van der Waals surface area contributed by atoms with Crippen molar-refractivity contribution in [1.29, 1.82) is 0 Å². The van der Waals surface area contributed by atoms with Crippen LogP contribution in [0.4, 0.5) is 0 Å². The van der Waals surface area contributed by atoms with Crippen LogP contribution in [0.3, 0.4) is 0 Å². The minimum absolute atomic E-state index is 0.168. The number of carbonyl (C=O) groups is 2. The minimum Gasteiger partial charge on any atom is -0.353 e. The highest BCUT2D eigenvalue weighted by Crippen LogP contribution is 2.20. The van der Waals surface area contributed by atoms with E-state index in [4.69, 9.17) is 0 Å². The van der Waals surface area contributed by atoms with Crippen molar-refractivity contribution in [2.75, 3.05) is 19.6 Å². The minimum atomic E-state index is -0.583. The fourth-order valence-electron chi connectivity index (χ4n) is 3.23. The monoisotopic (exact) mass is 363 g/mol. The maximum Gasteiger partial charge on any atom is 0.252 e. The first-order chi connectivity index (χ1) is 13.1. The predicted octanol–water partition coefficient (Wildman–Crippen LogP) is 1.15. The van der Waals surface area contributed by atoms with Crippen molar-refractivity contribution < 1.29 is 9.59 Å². The number of fused-ring (bicyclic) bond motifs is 1. The summed E-state index contributed by atoms with van der Waals surface area (Å²) < 4.78 is 1.99. The van der Waals surface area contributed by atoms with Gasteiger partial charge in [0.25, 0.3) is 5.91 Å². The zero-order valence-electron chi connectivity index (χ0n) is 15.0. The smallest absolute Gasteiger partial charge is 0.252 e. The van der Waals surface area contributed by atoms with Gasteiger partial charge in [0.2, 0.25) is 5.91 Å². The van der Waals surface area contributed by atoms with Crippen LogP contribution in [0.2, 0.25) is 0 Å². The van der Waals surface area contributed by atoms with E-state index in [-0.39, 0.29) is 11.8 Å². The topological polar surface area (TPSA) is 88.1 Å². The van der Waals surface area contributed by atoms with Crippen LogP contribution < -0.4 is 16.0 Å². The summed E-state index contributed by atoms with van der Waals surface area (Å²) >= 11 is 0. The van der Waals surface area contributed by atoms with E-state index in [0.717, 1.165) is 16.7 Å². The molecule has 1 atom stereocenters. The molecule has 7 nitrogen and oxygen atoms in total. The summed E-state index contributed by atoms with van der Waals surface area (Å²) in [6.07, 6.45) is 1.75. The quantitative estimate of drug-likeness (QED) is 0.651. The summed E-state index contributed by atoms with van der Waals surface area (Å²) in [5, 5.41) is 8.69. The lowest BCUT2D eigenvalue weighted by atomic mass is 10.1. The molecule has 138 valence electrons. The number of aryl methyl sites for hydroxylation is 1. The summed E-state index contributed by atoms with van der Waals surface area (Å²) in [7, 11) is 0. The van der Waals surface area contributed by atoms with Crippen LogP contribution in [-0.2, 0) is 4.79 Å². The standard InChI is InChI=1S/C20H21N5O2/c1-13-3-2-4-15(9-13)25-12-23-16-10-14(5-6-18(16)25)19(26)24-17-11-21-7-8-22-20(17)27/h2-6,9-10,12,17,21H,7-8,11H2,1H3,(H,22,27)(H,24,26). The van der Waals surface area contributed by atoms with Crippen LogP contribution in [-0.4, -0.2) is 47.0 Å². The van der Waals surface area contributed by atoms with Gasteiger partial charge in [-0.3, -0.25) is 14.2 Å². The average molecular weight is 363 g/mol. The summed E-state index contributed by atoms with van der Waals surface area (Å²) in [4.78, 5) is 29.0. The van der Waals surface area contributed by atoms with Gasteiger partial charge in [-0.25, -0.2) is 4.98 Å². The van der Waals surface area contributed by atoms with Gasteiger partial charge in [-0.05, 0) is 42.8 Å². The number of aromatic nitrogens is 2. The van der Waals surface area contributed by atoms with Crippen molar-refractivity contribution in [3.63, 3.8) is 0 Å². The maximum atomic E-state index is 12.6. The Morgan fingerprint density at radius 1 is 1.22 bits per heavy atom. The van der Waals surface area contributed by atoms with Gasteiger partial charge in [0.05, 0.1) is 11.0 Å².